The Morgan fingerprint density at radius 2 is 1.89 bits per heavy atom. The highest BCUT2D eigenvalue weighted by atomic mass is 19.1. The fourth-order valence-electron chi connectivity index (χ4n) is 3.31. The monoisotopic (exact) mass is 389 g/mol. The number of alkyl halides is 1. The topological polar surface area (TPSA) is 80.6 Å². The molecule has 8 heteroatoms. The maximum absolute atomic E-state index is 14.0. The molecule has 1 N–H and O–H groups in total. The van der Waals surface area contributed by atoms with Crippen LogP contribution in [0.3, 0.4) is 0 Å². The summed E-state index contributed by atoms with van der Waals surface area (Å²) in [6.07, 6.45) is -0.595. The zero-order chi connectivity index (χ0) is 20.6. The quantitative estimate of drug-likeness (QED) is 0.851. The Morgan fingerprint density at radius 3 is 2.54 bits per heavy atom. The Morgan fingerprint density at radius 1 is 1.21 bits per heavy atom. The maximum atomic E-state index is 14.0. The zero-order valence-electron chi connectivity index (χ0n) is 16.4. The molecule has 2 atom stereocenters. The lowest BCUT2D eigenvalue weighted by Gasteiger charge is -2.27. The van der Waals surface area contributed by atoms with Crippen molar-refractivity contribution in [2.75, 3.05) is 11.9 Å². The minimum Gasteiger partial charge on any atom is -0.444 e. The van der Waals surface area contributed by atoms with Crippen LogP contribution in [0.5, 0.6) is 0 Å². The van der Waals surface area contributed by atoms with E-state index in [-0.39, 0.29) is 18.9 Å². The van der Waals surface area contributed by atoms with Crippen molar-refractivity contribution in [3.05, 3.63) is 30.5 Å². The van der Waals surface area contributed by atoms with Crippen LogP contribution < -0.4 is 5.32 Å². The smallest absolute Gasteiger partial charge is 0.411 e. The average molecular weight is 389 g/mol. The van der Waals surface area contributed by atoms with Crippen molar-refractivity contribution in [2.45, 2.75) is 51.9 Å². The number of rotatable bonds is 2. The molecule has 2 heterocycles. The molecule has 0 aliphatic carbocycles. The Kier molecular flexibility index (Phi) is 5.14. The molecule has 28 heavy (non-hydrogen) atoms. The summed E-state index contributed by atoms with van der Waals surface area (Å²) >= 11 is 0. The van der Waals surface area contributed by atoms with Crippen molar-refractivity contribution < 1.29 is 23.5 Å². The lowest BCUT2D eigenvalue weighted by Crippen LogP contribution is -2.45. The van der Waals surface area contributed by atoms with E-state index < -0.39 is 29.8 Å². The Hall–Kier alpha value is -2.90. The summed E-state index contributed by atoms with van der Waals surface area (Å²) in [6.45, 7) is 6.36. The van der Waals surface area contributed by atoms with E-state index >= 15 is 0 Å². The molecular weight excluding hydrogens is 365 g/mol. The molecule has 2 amide bonds. The number of likely N-dealkylation sites (tertiary alicyclic amines) is 1. The van der Waals surface area contributed by atoms with E-state index in [9.17, 15) is 18.8 Å². The fraction of sp³-hybridized carbons (Fsp3) is 0.450. The summed E-state index contributed by atoms with van der Waals surface area (Å²) < 4.78 is 20.7. The molecule has 0 bridgehead atoms. The van der Waals surface area contributed by atoms with Crippen LogP contribution in [-0.4, -0.2) is 51.7 Å². The van der Waals surface area contributed by atoms with E-state index in [0.29, 0.717) is 16.6 Å². The molecular formula is C20H24FN3O4. The normalized spacial score (nSPS) is 19.7. The highest BCUT2D eigenvalue weighted by Gasteiger charge is 2.42. The first-order valence-electron chi connectivity index (χ1n) is 9.12. The molecule has 2 aromatic rings. The first-order chi connectivity index (χ1) is 13.1. The van der Waals surface area contributed by atoms with Crippen LogP contribution in [0, 0.1) is 0 Å². The van der Waals surface area contributed by atoms with Gasteiger partial charge >= 0.3 is 6.09 Å². The van der Waals surface area contributed by atoms with Crippen LogP contribution in [0.25, 0.3) is 10.9 Å². The van der Waals surface area contributed by atoms with Gasteiger partial charge in [-0.3, -0.25) is 19.1 Å². The Balaban J connectivity index is 1.85. The molecule has 1 aliphatic rings. The number of ether oxygens (including phenoxy) is 1. The predicted octanol–water partition coefficient (Wildman–Crippen LogP) is 3.59. The number of hydrogen-bond donors (Lipinski definition) is 1. The van der Waals surface area contributed by atoms with Gasteiger partial charge < -0.3 is 10.1 Å². The van der Waals surface area contributed by atoms with Gasteiger partial charge in [-0.1, -0.05) is 18.2 Å². The molecule has 7 nitrogen and oxygen atoms in total. The van der Waals surface area contributed by atoms with E-state index in [4.69, 9.17) is 4.74 Å². The van der Waals surface area contributed by atoms with Crippen LogP contribution >= 0.6 is 0 Å². The SMILES string of the molecule is CC(=O)n1cc(NC(=O)[C@@H]2C[C@@H](F)CN2C(=O)OC(C)(C)C)c2ccccc21. The minimum atomic E-state index is -1.30. The van der Waals surface area contributed by atoms with Gasteiger partial charge in [-0.15, -0.1) is 0 Å². The van der Waals surface area contributed by atoms with E-state index in [0.717, 1.165) is 4.90 Å². The van der Waals surface area contributed by atoms with Gasteiger partial charge in [0, 0.05) is 24.9 Å². The highest BCUT2D eigenvalue weighted by Crippen LogP contribution is 2.28. The summed E-state index contributed by atoms with van der Waals surface area (Å²) in [7, 11) is 0. The largest absolute Gasteiger partial charge is 0.444 e. The molecule has 0 radical (unpaired) electrons. The second-order valence-electron chi connectivity index (χ2n) is 7.92. The van der Waals surface area contributed by atoms with Crippen LogP contribution in [0.15, 0.2) is 30.5 Å². The second kappa shape index (κ2) is 7.26. The summed E-state index contributed by atoms with van der Waals surface area (Å²) in [6, 6.07) is 6.16. The van der Waals surface area contributed by atoms with Crippen LogP contribution in [0.4, 0.5) is 14.9 Å². The summed E-state index contributed by atoms with van der Waals surface area (Å²) in [5.41, 5.74) is 0.341. The van der Waals surface area contributed by atoms with E-state index in [1.165, 1.54) is 17.7 Å². The molecule has 3 rings (SSSR count). The van der Waals surface area contributed by atoms with Gasteiger partial charge in [-0.2, -0.15) is 0 Å². The molecule has 1 aliphatic heterocycles. The molecule has 0 saturated carbocycles. The van der Waals surface area contributed by atoms with Gasteiger partial charge in [0.2, 0.25) is 11.8 Å². The first kappa shape index (κ1) is 19.9. The van der Waals surface area contributed by atoms with Crippen LogP contribution in [0.2, 0.25) is 0 Å². The van der Waals surface area contributed by atoms with Crippen molar-refractivity contribution in [3.63, 3.8) is 0 Å². The molecule has 1 aromatic carbocycles. The van der Waals surface area contributed by atoms with Crippen molar-refractivity contribution in [1.82, 2.24) is 9.47 Å². The molecule has 1 saturated heterocycles. The number of amides is 2. The average Bonchev–Trinajstić information content (AvgIpc) is 3.15. The molecule has 1 fully saturated rings. The Bertz CT molecular complexity index is 931. The van der Waals surface area contributed by atoms with Crippen LogP contribution in [0.1, 0.15) is 38.9 Å². The summed E-state index contributed by atoms with van der Waals surface area (Å²) in [5, 5.41) is 3.43. The van der Waals surface area contributed by atoms with Crippen LogP contribution in [-0.2, 0) is 9.53 Å². The second-order valence-corrected chi connectivity index (χ2v) is 7.92. The van der Waals surface area contributed by atoms with E-state index in [1.807, 2.05) is 0 Å². The number of halogens is 1. The number of nitrogens with one attached hydrogen (secondary N) is 1. The van der Waals surface area contributed by atoms with Crippen molar-refractivity contribution in [2.24, 2.45) is 0 Å². The number of para-hydroxylation sites is 1. The number of hydrogen-bond acceptors (Lipinski definition) is 4. The highest BCUT2D eigenvalue weighted by molar-refractivity contribution is 6.06. The number of aromatic nitrogens is 1. The molecule has 1 aromatic heterocycles. The first-order valence-corrected chi connectivity index (χ1v) is 9.12. The third-order valence-electron chi connectivity index (χ3n) is 4.49. The molecule has 0 spiro atoms. The van der Waals surface area contributed by atoms with E-state index in [2.05, 4.69) is 5.32 Å². The van der Waals surface area contributed by atoms with E-state index in [1.54, 1.807) is 45.0 Å². The maximum Gasteiger partial charge on any atom is 0.411 e. The fourth-order valence-corrected chi connectivity index (χ4v) is 3.31. The van der Waals surface area contributed by atoms with Gasteiger partial charge in [-0.05, 0) is 26.8 Å². The van der Waals surface area contributed by atoms with Gasteiger partial charge in [0.05, 0.1) is 17.7 Å². The van der Waals surface area contributed by atoms with Crippen molar-refractivity contribution in [1.29, 1.82) is 0 Å². The van der Waals surface area contributed by atoms with Gasteiger partial charge in [0.1, 0.15) is 17.8 Å². The number of fused-ring (bicyclic) bond motifs is 1. The van der Waals surface area contributed by atoms with Crippen molar-refractivity contribution >= 4 is 34.5 Å². The van der Waals surface area contributed by atoms with Gasteiger partial charge in [0.15, 0.2) is 0 Å². The number of nitrogens with zero attached hydrogens (tertiary/aromatic N) is 2. The summed E-state index contributed by atoms with van der Waals surface area (Å²) in [5.74, 6) is -0.714. The standard InChI is InChI=1S/C20H24FN3O4/c1-12(25)23-11-15(14-7-5-6-8-16(14)23)22-18(26)17-9-13(21)10-24(17)19(27)28-20(2,3)4/h5-8,11,13,17H,9-10H2,1-4H3,(H,22,26)/t13-,17+/m1/s1. The molecule has 0 unspecified atom stereocenters. The minimum absolute atomic E-state index is 0.101. The number of carbonyl (C=O) groups excluding carboxylic acids is 3. The predicted molar refractivity (Wildman–Crippen MR) is 103 cm³/mol. The van der Waals surface area contributed by atoms with Gasteiger partial charge in [-0.25, -0.2) is 9.18 Å². The zero-order valence-corrected chi connectivity index (χ0v) is 16.4. The lowest BCUT2D eigenvalue weighted by molar-refractivity contribution is -0.120. The third kappa shape index (κ3) is 4.00. The molecule has 150 valence electrons. The lowest BCUT2D eigenvalue weighted by atomic mass is 10.2. The number of benzene rings is 1. The summed E-state index contributed by atoms with van der Waals surface area (Å²) in [4.78, 5) is 38.2. The van der Waals surface area contributed by atoms with Crippen molar-refractivity contribution in [3.8, 4) is 0 Å². The Labute approximate surface area is 162 Å². The third-order valence-corrected chi connectivity index (χ3v) is 4.49. The van der Waals surface area contributed by atoms with Gasteiger partial charge in [0.25, 0.3) is 0 Å². The number of anilines is 1. The number of carbonyl (C=O) groups is 3.